The molecule has 2 rings (SSSR count). The van der Waals surface area contributed by atoms with E-state index < -0.39 is 0 Å². The number of aryl methyl sites for hydroxylation is 1. The second kappa shape index (κ2) is 4.69. The molecule has 0 radical (unpaired) electrons. The first-order valence-corrected chi connectivity index (χ1v) is 6.02. The van der Waals surface area contributed by atoms with Gasteiger partial charge in [0.25, 0.3) is 0 Å². The standard InChI is InChI=1S/C14H19NO/c1-11-5-7-13(8-6-11)10-14(16)15-9-3-4-12(15)2/h5-8,12H,3-4,9-10H2,1-2H3. The Morgan fingerprint density at radius 3 is 2.62 bits per heavy atom. The molecule has 86 valence electrons. The molecule has 1 atom stereocenters. The van der Waals surface area contributed by atoms with Gasteiger partial charge in [-0.25, -0.2) is 0 Å². The Balaban J connectivity index is 1.99. The number of rotatable bonds is 2. The highest BCUT2D eigenvalue weighted by Gasteiger charge is 2.24. The van der Waals surface area contributed by atoms with E-state index in [4.69, 9.17) is 0 Å². The molecule has 1 aromatic carbocycles. The average Bonchev–Trinajstić information content (AvgIpc) is 2.68. The lowest BCUT2D eigenvalue weighted by Crippen LogP contribution is -2.34. The zero-order chi connectivity index (χ0) is 11.5. The number of benzene rings is 1. The normalized spacial score (nSPS) is 20.1. The van der Waals surface area contributed by atoms with E-state index in [9.17, 15) is 4.79 Å². The van der Waals surface area contributed by atoms with Gasteiger partial charge in [-0.1, -0.05) is 29.8 Å². The summed E-state index contributed by atoms with van der Waals surface area (Å²) in [5.41, 5.74) is 2.36. The van der Waals surface area contributed by atoms with Crippen LogP contribution in [0.25, 0.3) is 0 Å². The van der Waals surface area contributed by atoms with E-state index in [0.717, 1.165) is 24.9 Å². The van der Waals surface area contributed by atoms with Gasteiger partial charge in [0.1, 0.15) is 0 Å². The maximum absolute atomic E-state index is 12.0. The lowest BCUT2D eigenvalue weighted by atomic mass is 10.1. The highest BCUT2D eigenvalue weighted by atomic mass is 16.2. The van der Waals surface area contributed by atoms with Gasteiger partial charge in [0.15, 0.2) is 0 Å². The first kappa shape index (κ1) is 11.2. The number of carbonyl (C=O) groups excluding carboxylic acids is 1. The van der Waals surface area contributed by atoms with Crippen LogP contribution in [0.15, 0.2) is 24.3 Å². The minimum Gasteiger partial charge on any atom is -0.340 e. The summed E-state index contributed by atoms with van der Waals surface area (Å²) >= 11 is 0. The number of amides is 1. The monoisotopic (exact) mass is 217 g/mol. The summed E-state index contributed by atoms with van der Waals surface area (Å²) in [5.74, 6) is 0.272. The molecule has 0 bridgehead atoms. The van der Waals surface area contributed by atoms with Crippen molar-refractivity contribution in [1.82, 2.24) is 4.90 Å². The van der Waals surface area contributed by atoms with Gasteiger partial charge in [0, 0.05) is 12.6 Å². The molecule has 1 heterocycles. The zero-order valence-electron chi connectivity index (χ0n) is 10.1. The molecule has 2 heteroatoms. The Labute approximate surface area is 97.3 Å². The van der Waals surface area contributed by atoms with Crippen LogP contribution in [0, 0.1) is 6.92 Å². The fourth-order valence-electron chi connectivity index (χ4n) is 2.29. The molecule has 0 aromatic heterocycles. The summed E-state index contributed by atoms with van der Waals surface area (Å²) in [7, 11) is 0. The lowest BCUT2D eigenvalue weighted by Gasteiger charge is -2.21. The molecular weight excluding hydrogens is 198 g/mol. The van der Waals surface area contributed by atoms with Crippen LogP contribution in [-0.4, -0.2) is 23.4 Å². The van der Waals surface area contributed by atoms with Crippen LogP contribution in [0.1, 0.15) is 30.9 Å². The molecule has 0 spiro atoms. The second-order valence-corrected chi connectivity index (χ2v) is 4.74. The third-order valence-corrected chi connectivity index (χ3v) is 3.35. The van der Waals surface area contributed by atoms with Crippen molar-refractivity contribution in [3.05, 3.63) is 35.4 Å². The SMILES string of the molecule is Cc1ccc(CC(=O)N2CCCC2C)cc1. The van der Waals surface area contributed by atoms with Gasteiger partial charge >= 0.3 is 0 Å². The summed E-state index contributed by atoms with van der Waals surface area (Å²) in [5, 5.41) is 0. The molecule has 1 aliphatic heterocycles. The predicted octanol–water partition coefficient (Wildman–Crippen LogP) is 2.55. The highest BCUT2D eigenvalue weighted by molar-refractivity contribution is 5.79. The van der Waals surface area contributed by atoms with Crippen LogP contribution in [0.2, 0.25) is 0 Å². The van der Waals surface area contributed by atoms with Crippen molar-refractivity contribution in [3.8, 4) is 0 Å². The van der Waals surface area contributed by atoms with E-state index in [1.165, 1.54) is 5.56 Å². The van der Waals surface area contributed by atoms with Gasteiger partial charge in [-0.3, -0.25) is 4.79 Å². The molecule has 1 aromatic rings. The smallest absolute Gasteiger partial charge is 0.227 e. The molecule has 0 saturated carbocycles. The molecule has 2 nitrogen and oxygen atoms in total. The van der Waals surface area contributed by atoms with Crippen molar-refractivity contribution in [2.75, 3.05) is 6.54 Å². The number of carbonyl (C=O) groups is 1. The molecule has 16 heavy (non-hydrogen) atoms. The molecule has 1 unspecified atom stereocenters. The largest absolute Gasteiger partial charge is 0.340 e. The Kier molecular flexibility index (Phi) is 3.28. The second-order valence-electron chi connectivity index (χ2n) is 4.74. The summed E-state index contributed by atoms with van der Waals surface area (Å²) < 4.78 is 0. The van der Waals surface area contributed by atoms with E-state index in [0.29, 0.717) is 12.5 Å². The van der Waals surface area contributed by atoms with Gasteiger partial charge in [0.2, 0.25) is 5.91 Å². The fraction of sp³-hybridized carbons (Fsp3) is 0.500. The summed E-state index contributed by atoms with van der Waals surface area (Å²) in [6, 6.07) is 8.66. The van der Waals surface area contributed by atoms with Gasteiger partial charge in [-0.15, -0.1) is 0 Å². The molecular formula is C14H19NO. The third-order valence-electron chi connectivity index (χ3n) is 3.35. The van der Waals surface area contributed by atoms with Crippen molar-refractivity contribution < 1.29 is 4.79 Å². The third kappa shape index (κ3) is 2.43. The zero-order valence-corrected chi connectivity index (χ0v) is 10.1. The first-order chi connectivity index (χ1) is 7.66. The lowest BCUT2D eigenvalue weighted by molar-refractivity contribution is -0.130. The van der Waals surface area contributed by atoms with E-state index >= 15 is 0 Å². The number of nitrogens with zero attached hydrogens (tertiary/aromatic N) is 1. The van der Waals surface area contributed by atoms with Crippen molar-refractivity contribution in [2.45, 2.75) is 39.2 Å². The van der Waals surface area contributed by atoms with Crippen molar-refractivity contribution in [3.63, 3.8) is 0 Å². The van der Waals surface area contributed by atoms with Crippen LogP contribution < -0.4 is 0 Å². The quantitative estimate of drug-likeness (QED) is 0.745. The molecule has 1 fully saturated rings. The predicted molar refractivity (Wildman–Crippen MR) is 65.3 cm³/mol. The fourth-order valence-corrected chi connectivity index (χ4v) is 2.29. The molecule has 0 N–H and O–H groups in total. The molecule has 1 amide bonds. The van der Waals surface area contributed by atoms with Crippen LogP contribution in [0.4, 0.5) is 0 Å². The number of hydrogen-bond acceptors (Lipinski definition) is 1. The van der Waals surface area contributed by atoms with E-state index in [2.05, 4.69) is 26.0 Å². The van der Waals surface area contributed by atoms with E-state index in [1.807, 2.05) is 17.0 Å². The van der Waals surface area contributed by atoms with Crippen LogP contribution in [-0.2, 0) is 11.2 Å². The van der Waals surface area contributed by atoms with Crippen molar-refractivity contribution in [1.29, 1.82) is 0 Å². The Hall–Kier alpha value is -1.31. The topological polar surface area (TPSA) is 20.3 Å². The number of likely N-dealkylation sites (tertiary alicyclic amines) is 1. The van der Waals surface area contributed by atoms with E-state index in [-0.39, 0.29) is 5.91 Å². The maximum atomic E-state index is 12.0. The summed E-state index contributed by atoms with van der Waals surface area (Å²) in [6.07, 6.45) is 2.85. The van der Waals surface area contributed by atoms with Gasteiger partial charge in [-0.05, 0) is 32.3 Å². The number of hydrogen-bond donors (Lipinski definition) is 0. The average molecular weight is 217 g/mol. The van der Waals surface area contributed by atoms with Crippen LogP contribution in [0.5, 0.6) is 0 Å². The van der Waals surface area contributed by atoms with Crippen LogP contribution >= 0.6 is 0 Å². The Morgan fingerprint density at radius 1 is 1.38 bits per heavy atom. The minimum atomic E-state index is 0.272. The Bertz CT molecular complexity index is 369. The van der Waals surface area contributed by atoms with E-state index in [1.54, 1.807) is 0 Å². The van der Waals surface area contributed by atoms with Crippen molar-refractivity contribution in [2.24, 2.45) is 0 Å². The molecule has 1 aliphatic rings. The minimum absolute atomic E-state index is 0.272. The van der Waals surface area contributed by atoms with Gasteiger partial charge in [0.05, 0.1) is 6.42 Å². The summed E-state index contributed by atoms with van der Waals surface area (Å²) in [6.45, 7) is 5.14. The molecule has 1 saturated heterocycles. The van der Waals surface area contributed by atoms with Crippen molar-refractivity contribution >= 4 is 5.91 Å². The summed E-state index contributed by atoms with van der Waals surface area (Å²) in [4.78, 5) is 14.0. The van der Waals surface area contributed by atoms with Gasteiger partial charge < -0.3 is 4.90 Å². The first-order valence-electron chi connectivity index (χ1n) is 6.02. The maximum Gasteiger partial charge on any atom is 0.227 e. The highest BCUT2D eigenvalue weighted by Crippen LogP contribution is 2.17. The molecule has 0 aliphatic carbocycles. The van der Waals surface area contributed by atoms with Gasteiger partial charge in [-0.2, -0.15) is 0 Å². The van der Waals surface area contributed by atoms with Crippen LogP contribution in [0.3, 0.4) is 0 Å². The Morgan fingerprint density at radius 2 is 2.06 bits per heavy atom.